The summed E-state index contributed by atoms with van der Waals surface area (Å²) in [4.78, 5) is 17.6. The Bertz CT molecular complexity index is 1110. The van der Waals surface area contributed by atoms with Crippen LogP contribution in [0.25, 0.3) is 6.08 Å². The molecule has 0 fully saturated rings. The lowest BCUT2D eigenvalue weighted by atomic mass is 10.1. The molecule has 1 heterocycles. The van der Waals surface area contributed by atoms with E-state index in [2.05, 4.69) is 56.1 Å². The second kappa shape index (κ2) is 11.1. The number of terminal acetylenes is 1. The number of hydrogen-bond donors (Lipinski definition) is 1. The van der Waals surface area contributed by atoms with Crippen molar-refractivity contribution in [3.63, 3.8) is 0 Å². The molecule has 8 heteroatoms. The van der Waals surface area contributed by atoms with Crippen LogP contribution in [0.5, 0.6) is 5.75 Å². The van der Waals surface area contributed by atoms with Gasteiger partial charge in [-0.15, -0.1) is 6.42 Å². The first-order valence-corrected chi connectivity index (χ1v) is 12.1. The number of ether oxygens (including phenoxy) is 2. The summed E-state index contributed by atoms with van der Waals surface area (Å²) >= 11 is 5.59. The van der Waals surface area contributed by atoms with E-state index in [0.29, 0.717) is 15.6 Å². The highest BCUT2D eigenvalue weighted by Gasteiger charge is 2.33. The largest absolute Gasteiger partial charge is 0.506 e. The number of aliphatic hydroxyl groups excluding tert-OH is 1. The van der Waals surface area contributed by atoms with Crippen molar-refractivity contribution in [3.8, 4) is 18.1 Å². The molecule has 5 nitrogen and oxygen atoms in total. The SMILES string of the molecule is C#CCOc1c(I)cc(/C=C2\SC(=Nc3ccccc3)C(C(=O)OCC)=C2O)cc1I. The Morgan fingerprint density at radius 3 is 2.55 bits per heavy atom. The van der Waals surface area contributed by atoms with Gasteiger partial charge in [0.25, 0.3) is 0 Å². The fourth-order valence-electron chi connectivity index (χ4n) is 2.68. The molecule has 0 amide bonds. The zero-order chi connectivity index (χ0) is 22.4. The molecule has 1 aliphatic rings. The molecule has 0 unspecified atom stereocenters. The number of benzene rings is 2. The summed E-state index contributed by atoms with van der Waals surface area (Å²) in [5.41, 5.74) is 1.60. The van der Waals surface area contributed by atoms with Gasteiger partial charge in [-0.05, 0) is 88.0 Å². The minimum absolute atomic E-state index is 0.0697. The minimum atomic E-state index is -0.604. The number of carbonyl (C=O) groups excluding carboxylic acids is 1. The van der Waals surface area contributed by atoms with Crippen LogP contribution in [0.3, 0.4) is 0 Å². The van der Waals surface area contributed by atoms with Crippen molar-refractivity contribution < 1.29 is 19.4 Å². The van der Waals surface area contributed by atoms with Gasteiger partial charge in [0.2, 0.25) is 0 Å². The average Bonchev–Trinajstić information content (AvgIpc) is 3.03. The summed E-state index contributed by atoms with van der Waals surface area (Å²) in [6.45, 7) is 2.11. The molecule has 2 aromatic carbocycles. The van der Waals surface area contributed by atoms with Crippen molar-refractivity contribution in [2.24, 2.45) is 4.99 Å². The summed E-state index contributed by atoms with van der Waals surface area (Å²) in [5.74, 6) is 2.43. The first kappa shape index (κ1) is 23.7. The zero-order valence-electron chi connectivity index (χ0n) is 16.4. The van der Waals surface area contributed by atoms with Crippen LogP contribution in [-0.4, -0.2) is 29.3 Å². The molecule has 2 aromatic rings. The Kier molecular flexibility index (Phi) is 8.45. The number of aliphatic hydroxyl groups is 1. The third-order valence-corrected chi connectivity index (χ3v) is 6.60. The van der Waals surface area contributed by atoms with Crippen LogP contribution >= 0.6 is 56.9 Å². The number of hydrogen-bond acceptors (Lipinski definition) is 6. The second-order valence-corrected chi connectivity index (χ2v) is 9.47. The number of aliphatic imine (C=N–C) groups is 1. The molecule has 0 saturated carbocycles. The van der Waals surface area contributed by atoms with Gasteiger partial charge in [0, 0.05) is 0 Å². The average molecular weight is 657 g/mol. The van der Waals surface area contributed by atoms with E-state index in [-0.39, 0.29) is 24.5 Å². The van der Waals surface area contributed by atoms with Crippen molar-refractivity contribution in [1.82, 2.24) is 0 Å². The van der Waals surface area contributed by atoms with E-state index < -0.39 is 5.97 Å². The highest BCUT2D eigenvalue weighted by Crippen LogP contribution is 2.41. The lowest BCUT2D eigenvalue weighted by Gasteiger charge is -2.09. The fourth-order valence-corrected chi connectivity index (χ4v) is 5.84. The quantitative estimate of drug-likeness (QED) is 0.231. The van der Waals surface area contributed by atoms with Gasteiger partial charge in [-0.2, -0.15) is 0 Å². The smallest absolute Gasteiger partial charge is 0.344 e. The van der Waals surface area contributed by atoms with E-state index in [9.17, 15) is 9.90 Å². The molecule has 0 aromatic heterocycles. The topological polar surface area (TPSA) is 68.1 Å². The monoisotopic (exact) mass is 657 g/mol. The maximum atomic E-state index is 12.5. The number of halogens is 2. The highest BCUT2D eigenvalue weighted by atomic mass is 127. The third kappa shape index (κ3) is 5.84. The van der Waals surface area contributed by atoms with E-state index in [4.69, 9.17) is 15.9 Å². The molecular formula is C23H17I2NO4S. The lowest BCUT2D eigenvalue weighted by Crippen LogP contribution is -2.12. The lowest BCUT2D eigenvalue weighted by molar-refractivity contribution is -0.138. The van der Waals surface area contributed by atoms with Gasteiger partial charge in [0.05, 0.1) is 24.3 Å². The first-order chi connectivity index (χ1) is 14.9. The highest BCUT2D eigenvalue weighted by molar-refractivity contribution is 14.1. The molecule has 0 saturated heterocycles. The molecule has 0 radical (unpaired) electrons. The van der Waals surface area contributed by atoms with Gasteiger partial charge in [0.1, 0.15) is 28.7 Å². The van der Waals surface area contributed by atoms with Crippen molar-refractivity contribution >= 4 is 79.7 Å². The van der Waals surface area contributed by atoms with E-state index in [1.165, 1.54) is 11.8 Å². The minimum Gasteiger partial charge on any atom is -0.506 e. The molecule has 0 aliphatic carbocycles. The Labute approximate surface area is 212 Å². The van der Waals surface area contributed by atoms with Crippen LogP contribution in [0.4, 0.5) is 5.69 Å². The molecule has 1 aliphatic heterocycles. The zero-order valence-corrected chi connectivity index (χ0v) is 21.5. The molecular weight excluding hydrogens is 640 g/mol. The Hall–Kier alpha value is -1.97. The summed E-state index contributed by atoms with van der Waals surface area (Å²) in [6.07, 6.45) is 7.09. The maximum Gasteiger partial charge on any atom is 0.344 e. The molecule has 1 N–H and O–H groups in total. The number of rotatable bonds is 6. The predicted octanol–water partition coefficient (Wildman–Crippen LogP) is 6.10. The second-order valence-electron chi connectivity index (χ2n) is 6.11. The van der Waals surface area contributed by atoms with Crippen LogP contribution in [0.2, 0.25) is 0 Å². The Morgan fingerprint density at radius 2 is 1.94 bits per heavy atom. The van der Waals surface area contributed by atoms with Crippen LogP contribution < -0.4 is 4.74 Å². The molecule has 31 heavy (non-hydrogen) atoms. The van der Waals surface area contributed by atoms with Crippen LogP contribution in [0.15, 0.2) is 63.7 Å². The number of thioether (sulfide) groups is 1. The molecule has 3 rings (SSSR count). The fraction of sp³-hybridized carbons (Fsp3) is 0.130. The summed E-state index contributed by atoms with van der Waals surface area (Å²) in [6, 6.07) is 13.1. The molecule has 0 spiro atoms. The summed E-state index contributed by atoms with van der Waals surface area (Å²) in [5, 5.41) is 11.2. The summed E-state index contributed by atoms with van der Waals surface area (Å²) < 4.78 is 12.5. The van der Waals surface area contributed by atoms with Crippen molar-refractivity contribution in [2.75, 3.05) is 13.2 Å². The van der Waals surface area contributed by atoms with Crippen molar-refractivity contribution in [3.05, 3.63) is 71.4 Å². The van der Waals surface area contributed by atoms with Crippen molar-refractivity contribution in [1.29, 1.82) is 0 Å². The Balaban J connectivity index is 2.02. The van der Waals surface area contributed by atoms with Gasteiger partial charge >= 0.3 is 5.97 Å². The van der Waals surface area contributed by atoms with Crippen molar-refractivity contribution in [2.45, 2.75) is 6.92 Å². The van der Waals surface area contributed by atoms with Gasteiger partial charge in [0.15, 0.2) is 0 Å². The Morgan fingerprint density at radius 1 is 1.26 bits per heavy atom. The van der Waals surface area contributed by atoms with E-state index in [1.54, 1.807) is 6.92 Å². The number of nitrogens with zero attached hydrogens (tertiary/aromatic N) is 1. The standard InChI is InChI=1S/C23H17I2NO4S/c1-3-10-30-21-16(24)11-14(12-17(21)25)13-18-20(27)19(23(28)29-4-2)22(31-18)26-15-8-6-5-7-9-15/h1,5-9,11-13,27H,4,10H2,2H3/b18-13-,26-22?. The molecule has 0 atom stereocenters. The van der Waals surface area contributed by atoms with E-state index >= 15 is 0 Å². The number of carbonyl (C=O) groups is 1. The van der Waals surface area contributed by atoms with Crippen LogP contribution in [0.1, 0.15) is 12.5 Å². The number of para-hydroxylation sites is 1. The maximum absolute atomic E-state index is 12.5. The number of esters is 1. The third-order valence-electron chi connectivity index (χ3n) is 3.98. The van der Waals surface area contributed by atoms with Crippen LogP contribution in [0, 0.1) is 19.5 Å². The van der Waals surface area contributed by atoms with Gasteiger partial charge in [-0.3, -0.25) is 0 Å². The first-order valence-electron chi connectivity index (χ1n) is 9.14. The van der Waals surface area contributed by atoms with Gasteiger partial charge in [-0.1, -0.05) is 35.9 Å². The van der Waals surface area contributed by atoms with Crippen LogP contribution in [-0.2, 0) is 9.53 Å². The normalized spacial score (nSPS) is 15.9. The van der Waals surface area contributed by atoms with E-state index in [0.717, 1.165) is 18.5 Å². The molecule has 158 valence electrons. The predicted molar refractivity (Wildman–Crippen MR) is 142 cm³/mol. The molecule has 0 bridgehead atoms. The summed E-state index contributed by atoms with van der Waals surface area (Å²) in [7, 11) is 0. The van der Waals surface area contributed by atoms with E-state index in [1.807, 2.05) is 48.5 Å². The van der Waals surface area contributed by atoms with Gasteiger partial charge in [-0.25, -0.2) is 9.79 Å². The van der Waals surface area contributed by atoms with Gasteiger partial charge < -0.3 is 14.6 Å².